The molecule has 4 aromatic rings. The predicted molar refractivity (Wildman–Crippen MR) is 170 cm³/mol. The van der Waals surface area contributed by atoms with Gasteiger partial charge in [0, 0.05) is 71.9 Å². The molecule has 8 heteroatoms. The van der Waals surface area contributed by atoms with Gasteiger partial charge in [-0.15, -0.1) is 0 Å². The van der Waals surface area contributed by atoms with Crippen molar-refractivity contribution in [3.8, 4) is 11.5 Å². The van der Waals surface area contributed by atoms with Crippen molar-refractivity contribution in [3.63, 3.8) is 0 Å². The largest absolute Gasteiger partial charge is 0.456 e. The van der Waals surface area contributed by atoms with Gasteiger partial charge >= 0.3 is 0 Å². The molecule has 222 valence electrons. The normalized spacial score (nSPS) is 15.6. The lowest BCUT2D eigenvalue weighted by Crippen LogP contribution is -2.58. The summed E-state index contributed by atoms with van der Waals surface area (Å²) >= 11 is 0. The molecule has 4 aromatic carbocycles. The first-order chi connectivity index (χ1) is 21.4. The third-order valence-electron chi connectivity index (χ3n) is 9.22. The maximum atomic E-state index is 14.6. The van der Waals surface area contributed by atoms with Crippen LogP contribution < -0.4 is 14.5 Å². The van der Waals surface area contributed by atoms with E-state index in [9.17, 15) is 14.4 Å². The quantitative estimate of drug-likeness (QED) is 0.232. The Labute approximate surface area is 257 Å². The zero-order valence-corrected chi connectivity index (χ0v) is 25.3. The van der Waals surface area contributed by atoms with Crippen molar-refractivity contribution >= 4 is 29.1 Å². The summed E-state index contributed by atoms with van der Waals surface area (Å²) in [5.74, 6) is -0.329. The van der Waals surface area contributed by atoms with E-state index in [0.717, 1.165) is 42.6 Å². The fourth-order valence-corrected chi connectivity index (χ4v) is 7.11. The van der Waals surface area contributed by atoms with Crippen LogP contribution in [0.5, 0.6) is 11.5 Å². The van der Waals surface area contributed by atoms with Gasteiger partial charge in [-0.2, -0.15) is 5.01 Å². The van der Waals surface area contributed by atoms with E-state index in [1.54, 1.807) is 30.3 Å². The molecule has 3 aliphatic heterocycles. The number of ether oxygens (including phenoxy) is 1. The molecule has 0 aromatic heterocycles. The molecule has 0 aliphatic carbocycles. The van der Waals surface area contributed by atoms with Crippen molar-refractivity contribution in [1.82, 2.24) is 10.0 Å². The molecule has 0 atom stereocenters. The van der Waals surface area contributed by atoms with Crippen LogP contribution in [0.3, 0.4) is 0 Å². The zero-order valence-electron chi connectivity index (χ0n) is 25.3. The third-order valence-corrected chi connectivity index (χ3v) is 9.22. The highest BCUT2D eigenvalue weighted by atomic mass is 16.5. The Morgan fingerprint density at radius 1 is 0.568 bits per heavy atom. The second kappa shape index (κ2) is 10.3. The number of rotatable bonds is 7. The highest BCUT2D eigenvalue weighted by Crippen LogP contribution is 2.59. The van der Waals surface area contributed by atoms with E-state index in [0.29, 0.717) is 33.8 Å². The number of hydrogen-bond acceptors (Lipinski definition) is 6. The SMILES string of the molecule is CCN(CC)c1ccc2c(c1)Oc1cc(N(CC)CC)ccc1C21c2ccccc2C(=O)N1N1C(=O)c2ccccc2C1=O. The number of fused-ring (bicyclic) bond motifs is 7. The Balaban J connectivity index is 1.55. The fraction of sp³-hybridized carbons (Fsp3) is 0.250. The van der Waals surface area contributed by atoms with E-state index in [1.165, 1.54) is 5.01 Å². The first-order valence-corrected chi connectivity index (χ1v) is 15.3. The van der Waals surface area contributed by atoms with Crippen LogP contribution in [0.15, 0.2) is 84.9 Å². The maximum Gasteiger partial charge on any atom is 0.280 e. The van der Waals surface area contributed by atoms with E-state index in [4.69, 9.17) is 4.74 Å². The number of hydrogen-bond donors (Lipinski definition) is 0. The summed E-state index contributed by atoms with van der Waals surface area (Å²) in [6, 6.07) is 26.1. The second-order valence-electron chi connectivity index (χ2n) is 11.1. The first-order valence-electron chi connectivity index (χ1n) is 15.3. The van der Waals surface area contributed by atoms with Gasteiger partial charge in [-0.3, -0.25) is 14.4 Å². The standard InChI is InChI=1S/C36H34N4O4/c1-5-37(6-2)23-17-19-29-31(21-23)44-32-22-24(38(7-3)8-4)18-20-30(32)36(29)28-16-12-11-15-27(28)35(43)40(36)39-33(41)25-13-9-10-14-26(25)34(39)42/h9-22H,5-8H2,1-4H3. The van der Waals surface area contributed by atoms with Gasteiger partial charge in [0.15, 0.2) is 0 Å². The lowest BCUT2D eigenvalue weighted by Gasteiger charge is -2.46. The van der Waals surface area contributed by atoms with Crippen LogP contribution in [0.1, 0.15) is 75.5 Å². The van der Waals surface area contributed by atoms with Crippen molar-refractivity contribution in [2.45, 2.75) is 33.2 Å². The van der Waals surface area contributed by atoms with Gasteiger partial charge in [0.25, 0.3) is 17.7 Å². The van der Waals surface area contributed by atoms with Crippen LogP contribution in [0.4, 0.5) is 11.4 Å². The molecule has 0 radical (unpaired) electrons. The zero-order chi connectivity index (χ0) is 30.7. The summed E-state index contributed by atoms with van der Waals surface area (Å²) in [5.41, 5.74) is 3.68. The molecular formula is C36H34N4O4. The van der Waals surface area contributed by atoms with E-state index < -0.39 is 23.3 Å². The molecular weight excluding hydrogens is 552 g/mol. The number of benzene rings is 4. The van der Waals surface area contributed by atoms with Gasteiger partial charge < -0.3 is 14.5 Å². The van der Waals surface area contributed by atoms with Gasteiger partial charge in [-0.25, -0.2) is 5.01 Å². The summed E-state index contributed by atoms with van der Waals surface area (Å²) < 4.78 is 6.72. The van der Waals surface area contributed by atoms with E-state index in [-0.39, 0.29) is 11.1 Å². The topological polar surface area (TPSA) is 73.4 Å². The molecule has 0 bridgehead atoms. The van der Waals surface area contributed by atoms with Crippen molar-refractivity contribution in [3.05, 3.63) is 118 Å². The first kappa shape index (κ1) is 27.7. The summed E-state index contributed by atoms with van der Waals surface area (Å²) in [6.45, 7) is 11.7. The summed E-state index contributed by atoms with van der Waals surface area (Å²) in [4.78, 5) is 47.1. The molecule has 0 unspecified atom stereocenters. The smallest absolute Gasteiger partial charge is 0.280 e. The second-order valence-corrected chi connectivity index (χ2v) is 11.1. The van der Waals surface area contributed by atoms with Crippen LogP contribution in [-0.4, -0.2) is 53.9 Å². The highest BCUT2D eigenvalue weighted by Gasteiger charge is 2.61. The Hall–Kier alpha value is -5.11. The van der Waals surface area contributed by atoms with Crippen LogP contribution in [0, 0.1) is 0 Å². The van der Waals surface area contributed by atoms with E-state index in [2.05, 4.69) is 37.5 Å². The van der Waals surface area contributed by atoms with Gasteiger partial charge in [-0.1, -0.05) is 42.5 Å². The number of imide groups is 1. The molecule has 44 heavy (non-hydrogen) atoms. The van der Waals surface area contributed by atoms with Crippen LogP contribution >= 0.6 is 0 Å². The fourth-order valence-electron chi connectivity index (χ4n) is 7.11. The van der Waals surface area contributed by atoms with Crippen molar-refractivity contribution in [2.75, 3.05) is 36.0 Å². The molecule has 0 fully saturated rings. The van der Waals surface area contributed by atoms with Crippen molar-refractivity contribution in [1.29, 1.82) is 0 Å². The minimum Gasteiger partial charge on any atom is -0.456 e. The van der Waals surface area contributed by atoms with Gasteiger partial charge in [0.2, 0.25) is 0 Å². The number of amides is 3. The van der Waals surface area contributed by atoms with E-state index in [1.807, 2.05) is 54.6 Å². The number of nitrogens with zero attached hydrogens (tertiary/aromatic N) is 4. The summed E-state index contributed by atoms with van der Waals surface area (Å²) in [6.07, 6.45) is 0. The Morgan fingerprint density at radius 2 is 1.02 bits per heavy atom. The lowest BCUT2D eigenvalue weighted by molar-refractivity contribution is -0.0193. The minimum atomic E-state index is -1.34. The lowest BCUT2D eigenvalue weighted by atomic mass is 9.75. The van der Waals surface area contributed by atoms with Crippen LogP contribution in [0.2, 0.25) is 0 Å². The number of carbonyl (C=O) groups is 3. The highest BCUT2D eigenvalue weighted by molar-refractivity contribution is 6.22. The monoisotopic (exact) mass is 586 g/mol. The number of carbonyl (C=O) groups excluding carboxylic acids is 3. The van der Waals surface area contributed by atoms with Crippen molar-refractivity contribution < 1.29 is 19.1 Å². The molecule has 1 spiro atoms. The average Bonchev–Trinajstić information content (AvgIpc) is 3.45. The Bertz CT molecular complexity index is 1750. The predicted octanol–water partition coefficient (Wildman–Crippen LogP) is 6.44. The molecule has 8 nitrogen and oxygen atoms in total. The third kappa shape index (κ3) is 3.60. The van der Waals surface area contributed by atoms with Crippen LogP contribution in [0.25, 0.3) is 0 Å². The summed E-state index contributed by atoms with van der Waals surface area (Å²) in [5, 5.41) is 2.43. The number of anilines is 2. The van der Waals surface area contributed by atoms with Gasteiger partial charge in [0.05, 0.1) is 11.1 Å². The van der Waals surface area contributed by atoms with Crippen molar-refractivity contribution in [2.24, 2.45) is 0 Å². The van der Waals surface area contributed by atoms with Gasteiger partial charge in [-0.05, 0) is 58.0 Å². The van der Waals surface area contributed by atoms with Gasteiger partial charge in [0.1, 0.15) is 17.0 Å². The molecule has 7 rings (SSSR count). The summed E-state index contributed by atoms with van der Waals surface area (Å²) in [7, 11) is 0. The van der Waals surface area contributed by atoms with E-state index >= 15 is 0 Å². The molecule has 3 aliphatic rings. The number of hydrazine groups is 1. The average molecular weight is 587 g/mol. The molecule has 0 saturated heterocycles. The minimum absolute atomic E-state index is 0.276. The Morgan fingerprint density at radius 3 is 1.50 bits per heavy atom. The molecule has 3 heterocycles. The molecule has 0 saturated carbocycles. The Kier molecular flexibility index (Phi) is 6.46. The molecule has 3 amide bonds. The molecule has 0 N–H and O–H groups in total. The van der Waals surface area contributed by atoms with Crippen LogP contribution in [-0.2, 0) is 5.54 Å². The maximum absolute atomic E-state index is 14.6.